The Kier molecular flexibility index (Phi) is 3.54. The third-order valence-corrected chi connectivity index (χ3v) is 3.00. The van der Waals surface area contributed by atoms with E-state index < -0.39 is 17.7 Å². The van der Waals surface area contributed by atoms with Gasteiger partial charge in [-0.15, -0.1) is 0 Å². The molecule has 2 rings (SSSR count). The molecule has 1 aromatic rings. The molecule has 1 N–H and O–H groups in total. The highest BCUT2D eigenvalue weighted by atomic mass is 19.1. The Morgan fingerprint density at radius 1 is 1.19 bits per heavy atom. The quantitative estimate of drug-likeness (QED) is 0.818. The van der Waals surface area contributed by atoms with Crippen LogP contribution in [0.5, 0.6) is 0 Å². The Hall–Kier alpha value is -0.960. The number of aliphatic hydroxyl groups excluding tert-OH is 1. The van der Waals surface area contributed by atoms with Crippen molar-refractivity contribution in [3.8, 4) is 0 Å². The Morgan fingerprint density at radius 3 is 2.38 bits per heavy atom. The van der Waals surface area contributed by atoms with E-state index in [9.17, 15) is 13.9 Å². The molecule has 0 bridgehead atoms. The van der Waals surface area contributed by atoms with Crippen LogP contribution >= 0.6 is 0 Å². The number of hydrogen-bond acceptors (Lipinski definition) is 1. The second-order valence-corrected chi connectivity index (χ2v) is 4.66. The molecule has 16 heavy (non-hydrogen) atoms. The van der Waals surface area contributed by atoms with Crippen LogP contribution in [0.1, 0.15) is 31.2 Å². The van der Waals surface area contributed by atoms with E-state index in [0.717, 1.165) is 24.8 Å². The summed E-state index contributed by atoms with van der Waals surface area (Å²) in [4.78, 5) is 0. The van der Waals surface area contributed by atoms with Crippen LogP contribution in [0.15, 0.2) is 18.2 Å². The van der Waals surface area contributed by atoms with Crippen LogP contribution in [0, 0.1) is 17.6 Å². The fourth-order valence-electron chi connectivity index (χ4n) is 1.94. The second-order valence-electron chi connectivity index (χ2n) is 4.66. The molecule has 1 fully saturated rings. The average molecular weight is 226 g/mol. The summed E-state index contributed by atoms with van der Waals surface area (Å²) in [5.41, 5.74) is 0.529. The number of aliphatic hydroxyl groups is 1. The van der Waals surface area contributed by atoms with Gasteiger partial charge in [0.1, 0.15) is 11.6 Å². The first-order valence-corrected chi connectivity index (χ1v) is 5.76. The first-order chi connectivity index (χ1) is 7.63. The highest BCUT2D eigenvalue weighted by Gasteiger charge is 2.22. The van der Waals surface area contributed by atoms with Crippen LogP contribution in [-0.4, -0.2) is 11.2 Å². The van der Waals surface area contributed by atoms with Gasteiger partial charge in [-0.25, -0.2) is 8.78 Å². The van der Waals surface area contributed by atoms with Gasteiger partial charge in [0.2, 0.25) is 0 Å². The van der Waals surface area contributed by atoms with Crippen molar-refractivity contribution in [1.82, 2.24) is 0 Å². The molecule has 0 aromatic heterocycles. The summed E-state index contributed by atoms with van der Waals surface area (Å²) < 4.78 is 25.8. The maximum atomic E-state index is 12.9. The molecule has 0 spiro atoms. The Labute approximate surface area is 94.1 Å². The van der Waals surface area contributed by atoms with Gasteiger partial charge in [-0.2, -0.15) is 0 Å². The van der Waals surface area contributed by atoms with Gasteiger partial charge in [0.25, 0.3) is 0 Å². The van der Waals surface area contributed by atoms with E-state index in [0.29, 0.717) is 12.0 Å². The third kappa shape index (κ3) is 3.56. The lowest BCUT2D eigenvalue weighted by Crippen LogP contribution is -2.11. The Bertz CT molecular complexity index is 341. The summed E-state index contributed by atoms with van der Waals surface area (Å²) in [6, 6.07) is 3.41. The van der Waals surface area contributed by atoms with Crippen molar-refractivity contribution in [1.29, 1.82) is 0 Å². The molecule has 0 heterocycles. The van der Waals surface area contributed by atoms with Crippen molar-refractivity contribution in [2.75, 3.05) is 0 Å². The SMILES string of the molecule is OC(CCC1CC1)Cc1cc(F)cc(F)c1. The molecule has 0 radical (unpaired) electrons. The van der Waals surface area contributed by atoms with Gasteiger partial charge in [-0.3, -0.25) is 0 Å². The molecule has 1 atom stereocenters. The predicted octanol–water partition coefficient (Wildman–Crippen LogP) is 3.06. The van der Waals surface area contributed by atoms with Gasteiger partial charge in [-0.05, 0) is 42.9 Å². The van der Waals surface area contributed by atoms with Gasteiger partial charge in [0.15, 0.2) is 0 Å². The van der Waals surface area contributed by atoms with Gasteiger partial charge in [0, 0.05) is 6.07 Å². The molecule has 88 valence electrons. The van der Waals surface area contributed by atoms with Crippen LogP contribution in [0.25, 0.3) is 0 Å². The molecule has 1 aromatic carbocycles. The van der Waals surface area contributed by atoms with E-state index in [4.69, 9.17) is 0 Å². The predicted molar refractivity (Wildman–Crippen MR) is 58.0 cm³/mol. The van der Waals surface area contributed by atoms with Crippen molar-refractivity contribution in [3.63, 3.8) is 0 Å². The zero-order chi connectivity index (χ0) is 11.5. The number of rotatable bonds is 5. The highest BCUT2D eigenvalue weighted by Crippen LogP contribution is 2.34. The summed E-state index contributed by atoms with van der Waals surface area (Å²) in [6.07, 6.45) is 4.13. The van der Waals surface area contributed by atoms with Crippen LogP contribution in [0.3, 0.4) is 0 Å². The molecule has 0 amide bonds. The summed E-state index contributed by atoms with van der Waals surface area (Å²) >= 11 is 0. The minimum absolute atomic E-state index is 0.335. The largest absolute Gasteiger partial charge is 0.393 e. The zero-order valence-corrected chi connectivity index (χ0v) is 9.13. The monoisotopic (exact) mass is 226 g/mol. The van der Waals surface area contributed by atoms with Gasteiger partial charge in [-0.1, -0.05) is 12.8 Å². The standard InChI is InChI=1S/C13H16F2O/c14-11-5-10(6-12(15)8-11)7-13(16)4-3-9-1-2-9/h5-6,8-9,13,16H,1-4,7H2. The minimum atomic E-state index is -0.579. The summed E-state index contributed by atoms with van der Waals surface area (Å²) in [5, 5.41) is 9.72. The van der Waals surface area contributed by atoms with E-state index in [1.54, 1.807) is 0 Å². The van der Waals surface area contributed by atoms with Crippen molar-refractivity contribution >= 4 is 0 Å². The molecule has 0 saturated heterocycles. The normalized spacial score (nSPS) is 17.4. The third-order valence-electron chi connectivity index (χ3n) is 3.00. The zero-order valence-electron chi connectivity index (χ0n) is 9.13. The molecule has 1 unspecified atom stereocenters. The Balaban J connectivity index is 1.86. The van der Waals surface area contributed by atoms with Crippen molar-refractivity contribution in [3.05, 3.63) is 35.4 Å². The Morgan fingerprint density at radius 2 is 1.81 bits per heavy atom. The first-order valence-electron chi connectivity index (χ1n) is 5.76. The minimum Gasteiger partial charge on any atom is -0.393 e. The van der Waals surface area contributed by atoms with Crippen LogP contribution in [-0.2, 0) is 6.42 Å². The second kappa shape index (κ2) is 4.91. The number of benzene rings is 1. The summed E-state index contributed by atoms with van der Waals surface area (Å²) in [5.74, 6) is -0.382. The maximum absolute atomic E-state index is 12.9. The van der Waals surface area contributed by atoms with E-state index in [1.807, 2.05) is 0 Å². The van der Waals surface area contributed by atoms with Gasteiger partial charge in [0.05, 0.1) is 6.10 Å². The van der Waals surface area contributed by atoms with E-state index >= 15 is 0 Å². The smallest absolute Gasteiger partial charge is 0.126 e. The molecule has 1 aliphatic carbocycles. The number of hydrogen-bond donors (Lipinski definition) is 1. The van der Waals surface area contributed by atoms with E-state index in [2.05, 4.69) is 0 Å². The topological polar surface area (TPSA) is 20.2 Å². The van der Waals surface area contributed by atoms with Crippen LogP contribution in [0.4, 0.5) is 8.78 Å². The fraction of sp³-hybridized carbons (Fsp3) is 0.538. The van der Waals surface area contributed by atoms with Gasteiger partial charge >= 0.3 is 0 Å². The molecular formula is C13H16F2O. The van der Waals surface area contributed by atoms with Gasteiger partial charge < -0.3 is 5.11 Å². The first kappa shape index (κ1) is 11.5. The summed E-state index contributed by atoms with van der Waals surface area (Å²) in [7, 11) is 0. The average Bonchev–Trinajstić information content (AvgIpc) is 2.96. The molecule has 3 heteroatoms. The summed E-state index contributed by atoms with van der Waals surface area (Å²) in [6.45, 7) is 0. The van der Waals surface area contributed by atoms with Crippen LogP contribution in [0.2, 0.25) is 0 Å². The lowest BCUT2D eigenvalue weighted by molar-refractivity contribution is 0.159. The fourth-order valence-corrected chi connectivity index (χ4v) is 1.94. The van der Waals surface area contributed by atoms with Crippen molar-refractivity contribution < 1.29 is 13.9 Å². The molecular weight excluding hydrogens is 210 g/mol. The number of halogens is 2. The van der Waals surface area contributed by atoms with Crippen molar-refractivity contribution in [2.45, 2.75) is 38.2 Å². The van der Waals surface area contributed by atoms with E-state index in [1.165, 1.54) is 25.0 Å². The lowest BCUT2D eigenvalue weighted by Gasteiger charge is -2.10. The molecule has 0 aliphatic heterocycles. The maximum Gasteiger partial charge on any atom is 0.126 e. The van der Waals surface area contributed by atoms with Crippen molar-refractivity contribution in [2.24, 2.45) is 5.92 Å². The van der Waals surface area contributed by atoms with E-state index in [-0.39, 0.29) is 0 Å². The molecule has 1 saturated carbocycles. The van der Waals surface area contributed by atoms with Crippen LogP contribution < -0.4 is 0 Å². The molecule has 1 nitrogen and oxygen atoms in total. The highest BCUT2D eigenvalue weighted by molar-refractivity contribution is 5.18. The molecule has 1 aliphatic rings. The lowest BCUT2D eigenvalue weighted by atomic mass is 10.0.